The molecule has 0 saturated heterocycles. The van der Waals surface area contributed by atoms with Gasteiger partial charge in [0, 0.05) is 12.5 Å². The first-order valence-electron chi connectivity index (χ1n) is 8.79. The summed E-state index contributed by atoms with van der Waals surface area (Å²) < 4.78 is 16.4. The molecule has 0 spiro atoms. The third-order valence-electron chi connectivity index (χ3n) is 6.50. The normalized spacial score (nSPS) is 38.8. The highest BCUT2D eigenvalue weighted by molar-refractivity contribution is 5.93. The summed E-state index contributed by atoms with van der Waals surface area (Å²) in [5.41, 5.74) is 0.490. The maximum absolute atomic E-state index is 13.3. The average molecular weight is 344 g/mol. The minimum Gasteiger partial charge on any atom is -0.454 e. The van der Waals surface area contributed by atoms with Crippen molar-refractivity contribution in [2.24, 2.45) is 17.3 Å². The second kappa shape index (κ2) is 5.85. The van der Waals surface area contributed by atoms with E-state index in [1.54, 1.807) is 7.11 Å². The van der Waals surface area contributed by atoms with Gasteiger partial charge >= 0.3 is 0 Å². The van der Waals surface area contributed by atoms with Gasteiger partial charge in [0.15, 0.2) is 11.5 Å². The number of ether oxygens (including phenoxy) is 3. The van der Waals surface area contributed by atoms with Crippen LogP contribution in [0.25, 0.3) is 0 Å². The molecule has 0 aromatic heterocycles. The van der Waals surface area contributed by atoms with E-state index in [2.05, 4.69) is 13.5 Å². The first-order valence-corrected chi connectivity index (χ1v) is 8.79. The minimum absolute atomic E-state index is 0.0721. The van der Waals surface area contributed by atoms with Gasteiger partial charge in [0.25, 0.3) is 0 Å². The van der Waals surface area contributed by atoms with Gasteiger partial charge in [-0.3, -0.25) is 4.79 Å². The van der Waals surface area contributed by atoms with Crippen LogP contribution < -0.4 is 9.47 Å². The van der Waals surface area contributed by atoms with Gasteiger partial charge in [0.05, 0.1) is 18.1 Å². The van der Waals surface area contributed by atoms with Crippen LogP contribution in [0.3, 0.4) is 0 Å². The van der Waals surface area contributed by atoms with Crippen LogP contribution in [-0.2, 0) is 9.53 Å². The Morgan fingerprint density at radius 2 is 2.12 bits per heavy atom. The lowest BCUT2D eigenvalue weighted by atomic mass is 9.67. The second-order valence-corrected chi connectivity index (χ2v) is 7.44. The third kappa shape index (κ3) is 2.19. The molecule has 1 N–H and O–H groups in total. The second-order valence-electron chi connectivity index (χ2n) is 7.44. The van der Waals surface area contributed by atoms with E-state index in [1.807, 2.05) is 24.3 Å². The van der Waals surface area contributed by atoms with E-state index >= 15 is 0 Å². The predicted molar refractivity (Wildman–Crippen MR) is 91.6 cm³/mol. The quantitative estimate of drug-likeness (QED) is 0.851. The Labute approximate surface area is 147 Å². The lowest BCUT2D eigenvalue weighted by Crippen LogP contribution is -2.50. The third-order valence-corrected chi connectivity index (χ3v) is 6.50. The van der Waals surface area contributed by atoms with Gasteiger partial charge in [-0.15, -0.1) is 6.58 Å². The van der Waals surface area contributed by atoms with Crippen molar-refractivity contribution in [2.45, 2.75) is 37.9 Å². The predicted octanol–water partition coefficient (Wildman–Crippen LogP) is 2.68. The Kier molecular flexibility index (Phi) is 3.89. The summed E-state index contributed by atoms with van der Waals surface area (Å²) in [5.74, 6) is 1.11. The molecule has 2 saturated carbocycles. The lowest BCUT2D eigenvalue weighted by Gasteiger charge is -2.39. The Morgan fingerprint density at radius 3 is 2.84 bits per heavy atom. The number of benzene rings is 1. The van der Waals surface area contributed by atoms with E-state index < -0.39 is 17.4 Å². The monoisotopic (exact) mass is 344 g/mol. The number of aliphatic hydroxyl groups excluding tert-OH is 1. The van der Waals surface area contributed by atoms with Gasteiger partial charge < -0.3 is 19.3 Å². The standard InChI is InChI=1S/C20H24O5/c1-4-7-20-9-15(23-3)18(21)17(19(20)22)16(11(20)2)12-5-6-13-14(8-12)25-10-24-13/h4-6,8,11,15-18,21H,1,7,9-10H2,2-3H3/t11-,15+,16+,17-,18+,20-/m0/s1. The topological polar surface area (TPSA) is 65.0 Å². The van der Waals surface area contributed by atoms with Crippen molar-refractivity contribution in [3.63, 3.8) is 0 Å². The molecule has 5 heteroatoms. The lowest BCUT2D eigenvalue weighted by molar-refractivity contribution is -0.149. The number of rotatable bonds is 4. The molecule has 0 unspecified atom stereocenters. The number of hydrogen-bond donors (Lipinski definition) is 1. The Balaban J connectivity index is 1.80. The van der Waals surface area contributed by atoms with Crippen LogP contribution in [0.1, 0.15) is 31.2 Å². The molecular formula is C20H24O5. The van der Waals surface area contributed by atoms with Crippen LogP contribution in [0.15, 0.2) is 30.9 Å². The number of ketones is 1. The van der Waals surface area contributed by atoms with Crippen molar-refractivity contribution >= 4 is 5.78 Å². The molecule has 1 aliphatic heterocycles. The van der Waals surface area contributed by atoms with E-state index in [0.29, 0.717) is 18.6 Å². The van der Waals surface area contributed by atoms with Crippen LogP contribution in [0, 0.1) is 17.3 Å². The Morgan fingerprint density at radius 1 is 1.36 bits per heavy atom. The number of Topliss-reactive ketones (excluding diaryl/α,β-unsaturated/α-hetero) is 1. The van der Waals surface area contributed by atoms with Crippen molar-refractivity contribution in [3.8, 4) is 11.5 Å². The largest absolute Gasteiger partial charge is 0.454 e. The number of carbonyl (C=O) groups excluding carboxylic acids is 1. The van der Waals surface area contributed by atoms with Crippen LogP contribution in [0.4, 0.5) is 0 Å². The maximum atomic E-state index is 13.3. The fraction of sp³-hybridized carbons (Fsp3) is 0.550. The van der Waals surface area contributed by atoms with E-state index in [9.17, 15) is 9.90 Å². The van der Waals surface area contributed by atoms with Crippen molar-refractivity contribution < 1.29 is 24.1 Å². The molecule has 2 fully saturated rings. The molecule has 0 amide bonds. The smallest absolute Gasteiger partial charge is 0.231 e. The van der Waals surface area contributed by atoms with E-state index in [0.717, 1.165) is 11.3 Å². The molecule has 4 rings (SSSR count). The molecule has 1 aromatic rings. The summed E-state index contributed by atoms with van der Waals surface area (Å²) >= 11 is 0. The zero-order valence-corrected chi connectivity index (χ0v) is 14.6. The highest BCUT2D eigenvalue weighted by atomic mass is 16.7. The zero-order valence-electron chi connectivity index (χ0n) is 14.6. The number of hydrogen-bond acceptors (Lipinski definition) is 5. The number of allylic oxidation sites excluding steroid dienone is 1. The van der Waals surface area contributed by atoms with Crippen molar-refractivity contribution in [1.29, 1.82) is 0 Å². The first kappa shape index (κ1) is 16.6. The van der Waals surface area contributed by atoms with Crippen LogP contribution in [0.2, 0.25) is 0 Å². The first-order chi connectivity index (χ1) is 12.0. The van der Waals surface area contributed by atoms with E-state index in [-0.39, 0.29) is 30.5 Å². The summed E-state index contributed by atoms with van der Waals surface area (Å²) in [6.45, 7) is 6.19. The van der Waals surface area contributed by atoms with Crippen molar-refractivity contribution in [1.82, 2.24) is 0 Å². The highest BCUT2D eigenvalue weighted by Crippen LogP contribution is 2.61. The fourth-order valence-corrected chi connectivity index (χ4v) is 5.21. The van der Waals surface area contributed by atoms with Crippen molar-refractivity contribution in [3.05, 3.63) is 36.4 Å². The molecule has 5 nitrogen and oxygen atoms in total. The Hall–Kier alpha value is -1.85. The maximum Gasteiger partial charge on any atom is 0.231 e. The molecule has 0 radical (unpaired) electrons. The van der Waals surface area contributed by atoms with Gasteiger partial charge in [-0.1, -0.05) is 19.1 Å². The molecule has 1 aromatic carbocycles. The van der Waals surface area contributed by atoms with E-state index in [1.165, 1.54) is 0 Å². The van der Waals surface area contributed by atoms with Gasteiger partial charge in [0.2, 0.25) is 6.79 Å². The van der Waals surface area contributed by atoms with Crippen molar-refractivity contribution in [2.75, 3.05) is 13.9 Å². The molecular weight excluding hydrogens is 320 g/mol. The molecule has 1 heterocycles. The SMILES string of the molecule is C=CC[C@@]12C[C@@H](OC)[C@@H](O)[C@@H](C1=O)[C@@H](c1ccc3c(c1)OCO3)[C@@H]2C. The molecule has 134 valence electrons. The minimum atomic E-state index is -0.796. The zero-order chi connectivity index (χ0) is 17.8. The summed E-state index contributed by atoms with van der Waals surface area (Å²) in [7, 11) is 1.60. The number of methoxy groups -OCH3 is 1. The van der Waals surface area contributed by atoms with Crippen LogP contribution in [-0.4, -0.2) is 37.0 Å². The van der Waals surface area contributed by atoms with Gasteiger partial charge in [-0.05, 0) is 42.4 Å². The average Bonchev–Trinajstić information content (AvgIpc) is 3.13. The molecule has 2 aliphatic carbocycles. The van der Waals surface area contributed by atoms with Gasteiger partial charge in [-0.2, -0.15) is 0 Å². The highest BCUT2D eigenvalue weighted by Gasteiger charge is 2.64. The Bertz CT molecular complexity index is 714. The molecule has 6 atom stereocenters. The fourth-order valence-electron chi connectivity index (χ4n) is 5.21. The summed E-state index contributed by atoms with van der Waals surface area (Å²) in [5, 5.41) is 10.8. The van der Waals surface area contributed by atoms with Crippen LogP contribution in [0.5, 0.6) is 11.5 Å². The summed E-state index contributed by atoms with van der Waals surface area (Å²) in [4.78, 5) is 13.3. The summed E-state index contributed by atoms with van der Waals surface area (Å²) in [6.07, 6.45) is 1.84. The molecule has 2 bridgehead atoms. The molecule has 3 aliphatic rings. The van der Waals surface area contributed by atoms with Gasteiger partial charge in [-0.25, -0.2) is 0 Å². The molecule has 25 heavy (non-hydrogen) atoms. The van der Waals surface area contributed by atoms with Crippen LogP contribution >= 0.6 is 0 Å². The number of fused-ring (bicyclic) bond motifs is 3. The number of aliphatic hydroxyl groups is 1. The van der Waals surface area contributed by atoms with Gasteiger partial charge in [0.1, 0.15) is 5.78 Å². The van der Waals surface area contributed by atoms with E-state index in [4.69, 9.17) is 14.2 Å². The number of carbonyl (C=O) groups is 1. The summed E-state index contributed by atoms with van der Waals surface area (Å²) in [6, 6.07) is 5.82.